The van der Waals surface area contributed by atoms with Gasteiger partial charge in [-0.3, -0.25) is 9.59 Å². The number of carbonyl (C=O) groups is 2. The first kappa shape index (κ1) is 18.8. The molecule has 0 atom stereocenters. The van der Waals surface area contributed by atoms with Gasteiger partial charge in [0.25, 0.3) is 5.91 Å². The van der Waals surface area contributed by atoms with Crippen molar-refractivity contribution >= 4 is 11.8 Å². The van der Waals surface area contributed by atoms with E-state index in [1.807, 2.05) is 0 Å². The molecule has 0 spiro atoms. The molecule has 2 aliphatic rings. The van der Waals surface area contributed by atoms with Crippen molar-refractivity contribution in [3.8, 4) is 0 Å². The number of nitrogens with zero attached hydrogens (tertiary/aromatic N) is 2. The van der Waals surface area contributed by atoms with E-state index < -0.39 is 0 Å². The Hall–Kier alpha value is -1.99. The van der Waals surface area contributed by atoms with Crippen LogP contribution in [0.2, 0.25) is 0 Å². The molecule has 26 heavy (non-hydrogen) atoms. The molecular formula is C19H25FN2O4. The monoisotopic (exact) mass is 364 g/mol. The van der Waals surface area contributed by atoms with Crippen molar-refractivity contribution in [1.82, 2.24) is 9.80 Å². The number of hydrogen-bond donors (Lipinski definition) is 0. The molecular weight excluding hydrogens is 339 g/mol. The number of benzene rings is 1. The average molecular weight is 364 g/mol. The normalized spacial score (nSPS) is 18.8. The Morgan fingerprint density at radius 1 is 1.04 bits per heavy atom. The molecule has 3 rings (SSSR count). The maximum Gasteiger partial charge on any atom is 0.253 e. The minimum atomic E-state index is -0.361. The summed E-state index contributed by atoms with van der Waals surface area (Å²) < 4.78 is 24.0. The summed E-state index contributed by atoms with van der Waals surface area (Å²) in [4.78, 5) is 28.2. The zero-order valence-corrected chi connectivity index (χ0v) is 14.9. The molecule has 2 amide bonds. The second-order valence-electron chi connectivity index (χ2n) is 6.61. The maximum atomic E-state index is 13.0. The van der Waals surface area contributed by atoms with Crippen LogP contribution in [0.5, 0.6) is 0 Å². The second kappa shape index (κ2) is 9.09. The summed E-state index contributed by atoms with van der Waals surface area (Å²) >= 11 is 0. The van der Waals surface area contributed by atoms with Crippen molar-refractivity contribution < 1.29 is 23.5 Å². The van der Waals surface area contributed by atoms with Gasteiger partial charge in [-0.15, -0.1) is 0 Å². The SMILES string of the molecule is O=C(CCOC1CCOCC1)N1CCN(C(=O)c2ccc(F)cc2)CC1. The molecule has 0 bridgehead atoms. The van der Waals surface area contributed by atoms with Crippen molar-refractivity contribution in [3.05, 3.63) is 35.6 Å². The molecule has 1 aromatic carbocycles. The average Bonchev–Trinajstić information content (AvgIpc) is 2.69. The fourth-order valence-corrected chi connectivity index (χ4v) is 3.25. The lowest BCUT2D eigenvalue weighted by Crippen LogP contribution is -2.50. The Morgan fingerprint density at radius 3 is 2.31 bits per heavy atom. The van der Waals surface area contributed by atoms with Crippen molar-refractivity contribution in [1.29, 1.82) is 0 Å². The Bertz CT molecular complexity index is 608. The minimum absolute atomic E-state index is 0.0611. The van der Waals surface area contributed by atoms with Gasteiger partial charge >= 0.3 is 0 Å². The van der Waals surface area contributed by atoms with Crippen LogP contribution in [0.1, 0.15) is 29.6 Å². The largest absolute Gasteiger partial charge is 0.381 e. The van der Waals surface area contributed by atoms with Crippen LogP contribution in [-0.2, 0) is 14.3 Å². The van der Waals surface area contributed by atoms with Gasteiger partial charge in [-0.2, -0.15) is 0 Å². The molecule has 142 valence electrons. The van der Waals surface area contributed by atoms with E-state index in [1.165, 1.54) is 24.3 Å². The standard InChI is InChI=1S/C19H25FN2O4/c20-16-3-1-15(2-4-16)19(24)22-10-8-21(9-11-22)18(23)7-14-26-17-5-12-25-13-6-17/h1-4,17H,5-14H2. The lowest BCUT2D eigenvalue weighted by Gasteiger charge is -2.35. The number of ether oxygens (including phenoxy) is 2. The van der Waals surface area contributed by atoms with Gasteiger partial charge in [0.2, 0.25) is 5.91 Å². The lowest BCUT2D eigenvalue weighted by atomic mass is 10.1. The molecule has 0 saturated carbocycles. The summed E-state index contributed by atoms with van der Waals surface area (Å²) in [7, 11) is 0. The van der Waals surface area contributed by atoms with Crippen LogP contribution in [0.3, 0.4) is 0 Å². The maximum absolute atomic E-state index is 13.0. The van der Waals surface area contributed by atoms with E-state index in [-0.39, 0.29) is 23.7 Å². The smallest absolute Gasteiger partial charge is 0.253 e. The Kier molecular flexibility index (Phi) is 6.57. The second-order valence-corrected chi connectivity index (χ2v) is 6.61. The van der Waals surface area contributed by atoms with Gasteiger partial charge in [0, 0.05) is 45.0 Å². The Balaban J connectivity index is 1.39. The van der Waals surface area contributed by atoms with Gasteiger partial charge in [0.1, 0.15) is 5.82 Å². The van der Waals surface area contributed by atoms with Crippen LogP contribution in [0.4, 0.5) is 4.39 Å². The van der Waals surface area contributed by atoms with Crippen molar-refractivity contribution in [2.75, 3.05) is 46.0 Å². The van der Waals surface area contributed by atoms with E-state index in [0.717, 1.165) is 26.1 Å². The van der Waals surface area contributed by atoms with Gasteiger partial charge in [0.05, 0.1) is 19.1 Å². The number of halogens is 1. The number of hydrogen-bond acceptors (Lipinski definition) is 4. The van der Waals surface area contributed by atoms with Gasteiger partial charge in [0.15, 0.2) is 0 Å². The summed E-state index contributed by atoms with van der Waals surface area (Å²) in [5, 5.41) is 0. The molecule has 1 aromatic rings. The predicted octanol–water partition coefficient (Wildman–Crippen LogP) is 1.70. The van der Waals surface area contributed by atoms with E-state index in [4.69, 9.17) is 9.47 Å². The highest BCUT2D eigenvalue weighted by Crippen LogP contribution is 2.13. The summed E-state index contributed by atoms with van der Waals surface area (Å²) in [6.07, 6.45) is 2.33. The van der Waals surface area contributed by atoms with Gasteiger partial charge in [-0.25, -0.2) is 4.39 Å². The van der Waals surface area contributed by atoms with Crippen LogP contribution < -0.4 is 0 Å². The number of amides is 2. The Morgan fingerprint density at radius 2 is 1.65 bits per heavy atom. The molecule has 0 radical (unpaired) electrons. The van der Waals surface area contributed by atoms with Crippen molar-refractivity contribution in [3.63, 3.8) is 0 Å². The molecule has 2 aliphatic heterocycles. The Labute approximate surface area is 152 Å². The van der Waals surface area contributed by atoms with Crippen LogP contribution in [0.15, 0.2) is 24.3 Å². The lowest BCUT2D eigenvalue weighted by molar-refractivity contribution is -0.134. The van der Waals surface area contributed by atoms with E-state index >= 15 is 0 Å². The number of carbonyl (C=O) groups excluding carboxylic acids is 2. The predicted molar refractivity (Wildman–Crippen MR) is 93.3 cm³/mol. The van der Waals surface area contributed by atoms with Gasteiger partial charge < -0.3 is 19.3 Å². The highest BCUT2D eigenvalue weighted by Gasteiger charge is 2.25. The molecule has 6 nitrogen and oxygen atoms in total. The number of piperazine rings is 1. The third-order valence-corrected chi connectivity index (χ3v) is 4.85. The van der Waals surface area contributed by atoms with Crippen molar-refractivity contribution in [2.24, 2.45) is 0 Å². The van der Waals surface area contributed by atoms with Crippen LogP contribution in [-0.4, -0.2) is 73.7 Å². The highest BCUT2D eigenvalue weighted by molar-refractivity contribution is 5.94. The zero-order chi connectivity index (χ0) is 18.4. The molecule has 2 fully saturated rings. The van der Waals surface area contributed by atoms with Crippen molar-refractivity contribution in [2.45, 2.75) is 25.4 Å². The quantitative estimate of drug-likeness (QED) is 0.798. The zero-order valence-electron chi connectivity index (χ0n) is 14.9. The van der Waals surface area contributed by atoms with Gasteiger partial charge in [-0.05, 0) is 37.1 Å². The summed E-state index contributed by atoms with van der Waals surface area (Å²) in [5.74, 6) is -0.425. The first-order valence-corrected chi connectivity index (χ1v) is 9.15. The fraction of sp³-hybridized carbons (Fsp3) is 0.579. The molecule has 0 aromatic heterocycles. The number of rotatable bonds is 5. The van der Waals surface area contributed by atoms with Gasteiger partial charge in [-0.1, -0.05) is 0 Å². The van der Waals surface area contributed by atoms with Crippen LogP contribution in [0.25, 0.3) is 0 Å². The van der Waals surface area contributed by atoms with E-state index in [1.54, 1.807) is 9.80 Å². The first-order chi connectivity index (χ1) is 12.6. The van der Waals surface area contributed by atoms with E-state index in [0.29, 0.717) is 44.8 Å². The molecule has 2 heterocycles. The molecule has 0 aliphatic carbocycles. The fourth-order valence-electron chi connectivity index (χ4n) is 3.25. The summed E-state index contributed by atoms with van der Waals surface area (Å²) in [6, 6.07) is 5.54. The molecule has 0 unspecified atom stereocenters. The first-order valence-electron chi connectivity index (χ1n) is 9.15. The minimum Gasteiger partial charge on any atom is -0.381 e. The van der Waals surface area contributed by atoms with Crippen LogP contribution >= 0.6 is 0 Å². The molecule has 2 saturated heterocycles. The highest BCUT2D eigenvalue weighted by atomic mass is 19.1. The molecule has 0 N–H and O–H groups in total. The van der Waals surface area contributed by atoms with E-state index in [2.05, 4.69) is 0 Å². The topological polar surface area (TPSA) is 59.1 Å². The third kappa shape index (κ3) is 5.02. The summed E-state index contributed by atoms with van der Waals surface area (Å²) in [6.45, 7) is 3.89. The van der Waals surface area contributed by atoms with E-state index in [9.17, 15) is 14.0 Å². The van der Waals surface area contributed by atoms with Crippen LogP contribution in [0, 0.1) is 5.82 Å². The summed E-state index contributed by atoms with van der Waals surface area (Å²) in [5.41, 5.74) is 0.469. The third-order valence-electron chi connectivity index (χ3n) is 4.85. The molecule has 7 heteroatoms.